The lowest BCUT2D eigenvalue weighted by molar-refractivity contribution is -0.121. The van der Waals surface area contributed by atoms with Gasteiger partial charge in [-0.25, -0.2) is 4.98 Å². The molecule has 1 aromatic rings. The molecule has 0 saturated heterocycles. The average Bonchev–Trinajstić information content (AvgIpc) is 2.77. The Kier molecular flexibility index (Phi) is 6.03. The third-order valence-electron chi connectivity index (χ3n) is 2.44. The maximum atomic E-state index is 11.5. The molecule has 1 atom stereocenters. The van der Waals surface area contributed by atoms with Crippen molar-refractivity contribution in [3.63, 3.8) is 0 Å². The van der Waals surface area contributed by atoms with Gasteiger partial charge in [-0.3, -0.25) is 4.79 Å². The third-order valence-corrected chi connectivity index (χ3v) is 3.22. The molecule has 1 unspecified atom stereocenters. The summed E-state index contributed by atoms with van der Waals surface area (Å²) in [5.41, 5.74) is 5.45. The third kappa shape index (κ3) is 5.23. The summed E-state index contributed by atoms with van der Waals surface area (Å²) in [5.74, 6) is 0.620. The Bertz CT molecular complexity index is 300. The summed E-state index contributed by atoms with van der Waals surface area (Å²) in [6.07, 6.45) is 4.21. The van der Waals surface area contributed by atoms with E-state index in [2.05, 4.69) is 17.2 Å². The maximum Gasteiger partial charge on any atom is 0.220 e. The van der Waals surface area contributed by atoms with E-state index in [1.807, 2.05) is 5.38 Å². The zero-order valence-corrected chi connectivity index (χ0v) is 10.4. The number of aromatic nitrogens is 1. The molecule has 0 aliphatic heterocycles. The molecule has 0 spiro atoms. The van der Waals surface area contributed by atoms with Gasteiger partial charge in [-0.05, 0) is 25.3 Å². The van der Waals surface area contributed by atoms with Gasteiger partial charge in [0.15, 0.2) is 0 Å². The fourth-order valence-electron chi connectivity index (χ4n) is 1.41. The van der Waals surface area contributed by atoms with Crippen LogP contribution in [0, 0.1) is 5.92 Å². The Morgan fingerprint density at radius 1 is 1.62 bits per heavy atom. The molecule has 90 valence electrons. The van der Waals surface area contributed by atoms with Crippen LogP contribution in [-0.4, -0.2) is 17.4 Å². The summed E-state index contributed by atoms with van der Waals surface area (Å²) >= 11 is 1.56. The fraction of sp³-hybridized carbons (Fsp3) is 0.636. The maximum absolute atomic E-state index is 11.5. The number of rotatable bonds is 7. The van der Waals surface area contributed by atoms with Gasteiger partial charge in [0.25, 0.3) is 0 Å². The molecule has 0 aliphatic carbocycles. The van der Waals surface area contributed by atoms with Crippen molar-refractivity contribution in [3.05, 3.63) is 16.6 Å². The van der Waals surface area contributed by atoms with Gasteiger partial charge in [0, 0.05) is 18.0 Å². The van der Waals surface area contributed by atoms with E-state index in [1.165, 1.54) is 0 Å². The van der Waals surface area contributed by atoms with Crippen molar-refractivity contribution in [2.24, 2.45) is 11.7 Å². The fourth-order valence-corrected chi connectivity index (χ4v) is 1.97. The smallest absolute Gasteiger partial charge is 0.220 e. The molecule has 1 rings (SSSR count). The minimum Gasteiger partial charge on any atom is -0.350 e. The number of amides is 1. The van der Waals surface area contributed by atoms with Crippen molar-refractivity contribution in [1.82, 2.24) is 10.3 Å². The van der Waals surface area contributed by atoms with Crippen molar-refractivity contribution in [2.75, 3.05) is 6.54 Å². The molecule has 3 N–H and O–H groups in total. The van der Waals surface area contributed by atoms with Crippen LogP contribution >= 0.6 is 11.3 Å². The average molecular weight is 241 g/mol. The van der Waals surface area contributed by atoms with Crippen molar-refractivity contribution in [3.8, 4) is 0 Å². The van der Waals surface area contributed by atoms with E-state index >= 15 is 0 Å². The van der Waals surface area contributed by atoms with Gasteiger partial charge in [0.05, 0.1) is 6.54 Å². The summed E-state index contributed by atoms with van der Waals surface area (Å²) in [7, 11) is 0. The van der Waals surface area contributed by atoms with Gasteiger partial charge in [-0.1, -0.05) is 6.92 Å². The van der Waals surface area contributed by atoms with Crippen LogP contribution in [-0.2, 0) is 11.3 Å². The van der Waals surface area contributed by atoms with Crippen LogP contribution in [0.3, 0.4) is 0 Å². The molecule has 0 aliphatic rings. The zero-order valence-electron chi connectivity index (χ0n) is 9.61. The molecule has 1 aromatic heterocycles. The number of hydrogen-bond acceptors (Lipinski definition) is 4. The highest BCUT2D eigenvalue weighted by molar-refractivity contribution is 7.09. The van der Waals surface area contributed by atoms with Crippen molar-refractivity contribution < 1.29 is 4.79 Å². The predicted octanol–water partition coefficient (Wildman–Crippen LogP) is 1.52. The van der Waals surface area contributed by atoms with Gasteiger partial charge >= 0.3 is 0 Å². The van der Waals surface area contributed by atoms with Crippen molar-refractivity contribution in [2.45, 2.75) is 32.7 Å². The second kappa shape index (κ2) is 7.35. The molecule has 1 amide bonds. The van der Waals surface area contributed by atoms with Crippen LogP contribution in [0.5, 0.6) is 0 Å². The van der Waals surface area contributed by atoms with Crippen LogP contribution in [0.1, 0.15) is 31.2 Å². The quantitative estimate of drug-likeness (QED) is 0.760. The van der Waals surface area contributed by atoms with E-state index in [0.29, 0.717) is 25.4 Å². The number of nitrogens with one attached hydrogen (secondary N) is 1. The van der Waals surface area contributed by atoms with Crippen LogP contribution in [0.25, 0.3) is 0 Å². The normalized spacial score (nSPS) is 12.4. The molecule has 5 heteroatoms. The largest absolute Gasteiger partial charge is 0.350 e. The van der Waals surface area contributed by atoms with Gasteiger partial charge in [0.2, 0.25) is 5.91 Å². The molecular formula is C11H19N3OS. The SMILES string of the molecule is CC(CCN)CCC(=O)NCc1nccs1. The number of nitrogens with two attached hydrogens (primary N) is 1. The van der Waals surface area contributed by atoms with Crippen molar-refractivity contribution in [1.29, 1.82) is 0 Å². The van der Waals surface area contributed by atoms with Gasteiger partial charge in [-0.15, -0.1) is 11.3 Å². The zero-order chi connectivity index (χ0) is 11.8. The minimum atomic E-state index is 0.0964. The Balaban J connectivity index is 2.11. The number of thiazole rings is 1. The van der Waals surface area contributed by atoms with E-state index in [1.54, 1.807) is 17.5 Å². The Hall–Kier alpha value is -0.940. The van der Waals surface area contributed by atoms with Gasteiger partial charge < -0.3 is 11.1 Å². The minimum absolute atomic E-state index is 0.0964. The standard InChI is InChI=1S/C11H19N3OS/c1-9(4-5-12)2-3-10(15)14-8-11-13-6-7-16-11/h6-7,9H,2-5,8,12H2,1H3,(H,14,15). The van der Waals surface area contributed by atoms with Gasteiger partial charge in [0.1, 0.15) is 5.01 Å². The lowest BCUT2D eigenvalue weighted by atomic mass is 10.0. The lowest BCUT2D eigenvalue weighted by Gasteiger charge is -2.09. The van der Waals surface area contributed by atoms with Crippen LogP contribution in [0.15, 0.2) is 11.6 Å². The van der Waals surface area contributed by atoms with Gasteiger partial charge in [-0.2, -0.15) is 0 Å². The first-order valence-electron chi connectivity index (χ1n) is 5.57. The second-order valence-electron chi connectivity index (χ2n) is 3.92. The lowest BCUT2D eigenvalue weighted by Crippen LogP contribution is -2.23. The molecule has 0 fully saturated rings. The summed E-state index contributed by atoms with van der Waals surface area (Å²) in [6.45, 7) is 3.37. The van der Waals surface area contributed by atoms with E-state index < -0.39 is 0 Å². The Morgan fingerprint density at radius 2 is 2.44 bits per heavy atom. The molecule has 0 aromatic carbocycles. The Morgan fingerprint density at radius 3 is 3.06 bits per heavy atom. The monoisotopic (exact) mass is 241 g/mol. The number of hydrogen-bond donors (Lipinski definition) is 2. The van der Waals surface area contributed by atoms with Crippen LogP contribution in [0.4, 0.5) is 0 Å². The van der Waals surface area contributed by atoms with E-state index in [4.69, 9.17) is 5.73 Å². The summed E-state index contributed by atoms with van der Waals surface area (Å²) in [4.78, 5) is 15.6. The topological polar surface area (TPSA) is 68.0 Å². The summed E-state index contributed by atoms with van der Waals surface area (Å²) < 4.78 is 0. The number of carbonyl (C=O) groups excluding carboxylic acids is 1. The van der Waals surface area contributed by atoms with Crippen LogP contribution < -0.4 is 11.1 Å². The molecule has 0 saturated carbocycles. The van der Waals surface area contributed by atoms with E-state index in [0.717, 1.165) is 17.8 Å². The molecule has 0 bridgehead atoms. The molecular weight excluding hydrogens is 222 g/mol. The second-order valence-corrected chi connectivity index (χ2v) is 4.90. The first-order chi connectivity index (χ1) is 7.72. The first-order valence-corrected chi connectivity index (χ1v) is 6.45. The first kappa shape index (κ1) is 13.1. The van der Waals surface area contributed by atoms with Crippen LogP contribution in [0.2, 0.25) is 0 Å². The molecule has 4 nitrogen and oxygen atoms in total. The highest BCUT2D eigenvalue weighted by Crippen LogP contribution is 2.09. The highest BCUT2D eigenvalue weighted by Gasteiger charge is 2.06. The Labute approximate surface area is 100 Å². The molecule has 16 heavy (non-hydrogen) atoms. The predicted molar refractivity (Wildman–Crippen MR) is 66.0 cm³/mol. The van der Waals surface area contributed by atoms with E-state index in [9.17, 15) is 4.79 Å². The highest BCUT2D eigenvalue weighted by atomic mass is 32.1. The summed E-state index contributed by atoms with van der Waals surface area (Å²) in [6, 6.07) is 0. The number of carbonyl (C=O) groups is 1. The molecule has 1 heterocycles. The summed E-state index contributed by atoms with van der Waals surface area (Å²) in [5, 5.41) is 5.72. The van der Waals surface area contributed by atoms with E-state index in [-0.39, 0.29) is 5.91 Å². The van der Waals surface area contributed by atoms with Crippen molar-refractivity contribution >= 4 is 17.2 Å². The number of nitrogens with zero attached hydrogens (tertiary/aromatic N) is 1. The molecule has 0 radical (unpaired) electrons.